The number of carbonyl (C=O) groups is 1. The van der Waals surface area contributed by atoms with Gasteiger partial charge in [-0.2, -0.15) is 4.31 Å². The number of ether oxygens (including phenoxy) is 1. The van der Waals surface area contributed by atoms with E-state index in [9.17, 15) is 13.2 Å². The molecule has 0 aromatic heterocycles. The Balaban J connectivity index is 2.25. The quantitative estimate of drug-likeness (QED) is 0.605. The van der Waals surface area contributed by atoms with Crippen molar-refractivity contribution < 1.29 is 17.9 Å². The van der Waals surface area contributed by atoms with Gasteiger partial charge in [-0.1, -0.05) is 43.7 Å². The van der Waals surface area contributed by atoms with Crippen molar-refractivity contribution in [1.29, 1.82) is 0 Å². The van der Waals surface area contributed by atoms with Gasteiger partial charge >= 0.3 is 0 Å². The van der Waals surface area contributed by atoms with Crippen LogP contribution in [0.2, 0.25) is 0 Å². The zero-order valence-electron chi connectivity index (χ0n) is 17.3. The van der Waals surface area contributed by atoms with Crippen LogP contribution in [-0.4, -0.2) is 37.8 Å². The average Bonchev–Trinajstić information content (AvgIpc) is 2.69. The SMILES string of the molecule is CCC[C@@H](C)NC(=O)CN(Cc1ccccc1)S(=O)(=O)c1ccc(OCC)cc1. The van der Waals surface area contributed by atoms with Gasteiger partial charge in [-0.05, 0) is 50.1 Å². The highest BCUT2D eigenvalue weighted by atomic mass is 32.2. The van der Waals surface area contributed by atoms with E-state index in [1.165, 1.54) is 16.4 Å². The molecule has 2 rings (SSSR count). The molecule has 0 saturated heterocycles. The average molecular weight is 419 g/mol. The molecule has 0 aliphatic heterocycles. The molecule has 0 saturated carbocycles. The van der Waals surface area contributed by atoms with E-state index in [0.717, 1.165) is 18.4 Å². The summed E-state index contributed by atoms with van der Waals surface area (Å²) in [6.07, 6.45) is 1.79. The monoisotopic (exact) mass is 418 g/mol. The van der Waals surface area contributed by atoms with E-state index in [2.05, 4.69) is 5.32 Å². The molecule has 0 heterocycles. The molecule has 0 spiro atoms. The molecule has 2 aromatic carbocycles. The maximum Gasteiger partial charge on any atom is 0.243 e. The maximum absolute atomic E-state index is 13.3. The van der Waals surface area contributed by atoms with Gasteiger partial charge < -0.3 is 10.1 Å². The molecule has 0 bridgehead atoms. The number of sulfonamides is 1. The van der Waals surface area contributed by atoms with E-state index in [1.807, 2.05) is 51.1 Å². The second-order valence-corrected chi connectivity index (χ2v) is 8.86. The van der Waals surface area contributed by atoms with Crippen LogP contribution in [0.4, 0.5) is 0 Å². The zero-order chi connectivity index (χ0) is 21.3. The first-order valence-corrected chi connectivity index (χ1v) is 11.4. The highest BCUT2D eigenvalue weighted by Gasteiger charge is 2.27. The predicted molar refractivity (Wildman–Crippen MR) is 114 cm³/mol. The summed E-state index contributed by atoms with van der Waals surface area (Å²) in [4.78, 5) is 12.6. The second kappa shape index (κ2) is 11.0. The van der Waals surface area contributed by atoms with Gasteiger partial charge in [0.2, 0.25) is 15.9 Å². The van der Waals surface area contributed by atoms with Gasteiger partial charge in [0.05, 0.1) is 18.0 Å². The minimum Gasteiger partial charge on any atom is -0.494 e. The van der Waals surface area contributed by atoms with Gasteiger partial charge in [0.15, 0.2) is 0 Å². The third-order valence-electron chi connectivity index (χ3n) is 4.42. The molecule has 0 unspecified atom stereocenters. The van der Waals surface area contributed by atoms with Crippen LogP contribution in [0.5, 0.6) is 5.75 Å². The molecule has 0 aliphatic carbocycles. The molecular formula is C22H30N2O4S. The Hall–Kier alpha value is -2.38. The molecule has 1 amide bonds. The lowest BCUT2D eigenvalue weighted by Crippen LogP contribution is -2.43. The summed E-state index contributed by atoms with van der Waals surface area (Å²) in [5.74, 6) is 0.295. The maximum atomic E-state index is 13.3. The summed E-state index contributed by atoms with van der Waals surface area (Å²) < 4.78 is 33.1. The van der Waals surface area contributed by atoms with Crippen molar-refractivity contribution in [3.63, 3.8) is 0 Å². The Labute approximate surface area is 173 Å². The molecule has 1 atom stereocenters. The fraction of sp³-hybridized carbons (Fsp3) is 0.409. The van der Waals surface area contributed by atoms with Gasteiger partial charge in [0, 0.05) is 12.6 Å². The van der Waals surface area contributed by atoms with Crippen LogP contribution >= 0.6 is 0 Å². The smallest absolute Gasteiger partial charge is 0.243 e. The van der Waals surface area contributed by atoms with E-state index in [0.29, 0.717) is 12.4 Å². The van der Waals surface area contributed by atoms with Crippen LogP contribution < -0.4 is 10.1 Å². The molecule has 7 heteroatoms. The topological polar surface area (TPSA) is 75.7 Å². The molecule has 1 N–H and O–H groups in total. The van der Waals surface area contributed by atoms with Crippen molar-refractivity contribution in [1.82, 2.24) is 9.62 Å². The number of hydrogen-bond donors (Lipinski definition) is 1. The predicted octanol–water partition coefficient (Wildman–Crippen LogP) is 3.58. The van der Waals surface area contributed by atoms with Crippen LogP contribution in [0.3, 0.4) is 0 Å². The molecule has 29 heavy (non-hydrogen) atoms. The number of hydrogen-bond acceptors (Lipinski definition) is 4. The van der Waals surface area contributed by atoms with Crippen molar-refractivity contribution in [2.24, 2.45) is 0 Å². The molecule has 0 radical (unpaired) electrons. The first kappa shape index (κ1) is 22.9. The minimum absolute atomic E-state index is 0.000689. The highest BCUT2D eigenvalue weighted by Crippen LogP contribution is 2.21. The number of nitrogens with one attached hydrogen (secondary N) is 1. The van der Waals surface area contributed by atoms with Crippen LogP contribution in [0.25, 0.3) is 0 Å². The van der Waals surface area contributed by atoms with E-state index in [1.54, 1.807) is 12.1 Å². The van der Waals surface area contributed by atoms with Crippen LogP contribution in [0.1, 0.15) is 39.2 Å². The third-order valence-corrected chi connectivity index (χ3v) is 6.23. The molecule has 0 aliphatic rings. The molecule has 2 aromatic rings. The van der Waals surface area contributed by atoms with Crippen LogP contribution in [0.15, 0.2) is 59.5 Å². The fourth-order valence-corrected chi connectivity index (χ4v) is 4.41. The lowest BCUT2D eigenvalue weighted by molar-refractivity contribution is -0.122. The largest absolute Gasteiger partial charge is 0.494 e. The Bertz CT molecular complexity index is 867. The molecule has 158 valence electrons. The van der Waals surface area contributed by atoms with Crippen LogP contribution in [0, 0.1) is 0 Å². The van der Waals surface area contributed by atoms with Crippen molar-refractivity contribution in [2.75, 3.05) is 13.2 Å². The number of benzene rings is 2. The second-order valence-electron chi connectivity index (χ2n) is 6.92. The van der Waals surface area contributed by atoms with Crippen molar-refractivity contribution >= 4 is 15.9 Å². The number of nitrogens with zero attached hydrogens (tertiary/aromatic N) is 1. The summed E-state index contributed by atoms with van der Waals surface area (Å²) >= 11 is 0. The normalized spacial score (nSPS) is 12.6. The van der Waals surface area contributed by atoms with Gasteiger partial charge in [0.25, 0.3) is 0 Å². The number of carbonyl (C=O) groups excluding carboxylic acids is 1. The summed E-state index contributed by atoms with van der Waals surface area (Å²) in [7, 11) is -3.86. The van der Waals surface area contributed by atoms with Gasteiger partial charge in [-0.25, -0.2) is 8.42 Å². The van der Waals surface area contributed by atoms with Crippen LogP contribution in [-0.2, 0) is 21.4 Å². The lowest BCUT2D eigenvalue weighted by atomic mass is 10.2. The molecular weight excluding hydrogens is 388 g/mol. The van der Waals surface area contributed by atoms with E-state index in [4.69, 9.17) is 4.74 Å². The molecule has 0 fully saturated rings. The summed E-state index contributed by atoms with van der Waals surface area (Å²) in [5, 5.41) is 2.88. The first-order chi connectivity index (χ1) is 13.9. The standard InChI is InChI=1S/C22H30N2O4S/c1-4-9-18(3)23-22(25)17-24(16-19-10-7-6-8-11-19)29(26,27)21-14-12-20(13-15-21)28-5-2/h6-8,10-15,18H,4-5,9,16-17H2,1-3H3,(H,23,25)/t18-/m1/s1. The van der Waals surface area contributed by atoms with Gasteiger partial charge in [-0.3, -0.25) is 4.79 Å². The van der Waals surface area contributed by atoms with Gasteiger partial charge in [-0.15, -0.1) is 0 Å². The summed E-state index contributed by atoms with van der Waals surface area (Å²) in [6.45, 7) is 6.21. The minimum atomic E-state index is -3.86. The lowest BCUT2D eigenvalue weighted by Gasteiger charge is -2.23. The number of rotatable bonds is 11. The van der Waals surface area contributed by atoms with E-state index >= 15 is 0 Å². The van der Waals surface area contributed by atoms with Gasteiger partial charge in [0.1, 0.15) is 5.75 Å². The summed E-state index contributed by atoms with van der Waals surface area (Å²) in [6, 6.07) is 15.5. The Morgan fingerprint density at radius 2 is 1.72 bits per heavy atom. The van der Waals surface area contributed by atoms with Crippen molar-refractivity contribution in [3.8, 4) is 5.75 Å². The Morgan fingerprint density at radius 1 is 1.07 bits per heavy atom. The van der Waals surface area contributed by atoms with E-state index < -0.39 is 10.0 Å². The Morgan fingerprint density at radius 3 is 2.31 bits per heavy atom. The number of amides is 1. The first-order valence-electron chi connectivity index (χ1n) is 9.93. The molecule has 6 nitrogen and oxygen atoms in total. The van der Waals surface area contributed by atoms with Crippen molar-refractivity contribution in [3.05, 3.63) is 60.2 Å². The third kappa shape index (κ3) is 6.87. The highest BCUT2D eigenvalue weighted by molar-refractivity contribution is 7.89. The summed E-state index contributed by atoms with van der Waals surface area (Å²) in [5.41, 5.74) is 0.816. The zero-order valence-corrected chi connectivity index (χ0v) is 18.1. The Kier molecular flexibility index (Phi) is 8.67. The van der Waals surface area contributed by atoms with E-state index in [-0.39, 0.29) is 29.9 Å². The van der Waals surface area contributed by atoms with Crippen molar-refractivity contribution in [2.45, 2.75) is 51.1 Å². The fourth-order valence-electron chi connectivity index (χ4n) is 3.02.